The minimum Gasteiger partial charge on any atom is -0.477 e. The minimum atomic E-state index is -1.15. The molecule has 2 rings (SSSR count). The number of nitrogens with zero attached hydrogens (tertiary/aromatic N) is 1. The molecule has 0 aliphatic rings. The third-order valence-corrected chi connectivity index (χ3v) is 5.07. The molecule has 0 amide bonds. The molecule has 0 fully saturated rings. The van der Waals surface area contributed by atoms with Gasteiger partial charge in [0.1, 0.15) is 16.8 Å². The second-order valence-electron chi connectivity index (χ2n) is 4.53. The van der Waals surface area contributed by atoms with Crippen molar-refractivity contribution in [2.24, 2.45) is 0 Å². The Morgan fingerprint density at radius 1 is 1.43 bits per heavy atom. The fraction of sp³-hybridized carbons (Fsp3) is 0.200. The predicted octanol–water partition coefficient (Wildman–Crippen LogP) is 4.62. The van der Waals surface area contributed by atoms with Gasteiger partial charge in [-0.1, -0.05) is 32.0 Å². The van der Waals surface area contributed by atoms with Gasteiger partial charge in [0.2, 0.25) is 0 Å². The van der Waals surface area contributed by atoms with E-state index in [1.54, 1.807) is 6.07 Å². The van der Waals surface area contributed by atoms with Gasteiger partial charge in [0.15, 0.2) is 0 Å². The first-order valence-electron chi connectivity index (χ1n) is 6.17. The number of carbonyl (C=O) groups is 1. The van der Waals surface area contributed by atoms with Gasteiger partial charge >= 0.3 is 5.97 Å². The van der Waals surface area contributed by atoms with Crippen LogP contribution in [0.5, 0.6) is 0 Å². The molecule has 1 heterocycles. The van der Waals surface area contributed by atoms with Crippen LogP contribution >= 0.6 is 23.1 Å². The van der Waals surface area contributed by atoms with E-state index < -0.39 is 11.8 Å². The lowest BCUT2D eigenvalue weighted by Crippen LogP contribution is -1.97. The van der Waals surface area contributed by atoms with E-state index in [9.17, 15) is 19.6 Å². The van der Waals surface area contributed by atoms with Crippen molar-refractivity contribution in [3.63, 3.8) is 0 Å². The fourth-order valence-electron chi connectivity index (χ4n) is 1.88. The smallest absolute Gasteiger partial charge is 0.346 e. The van der Waals surface area contributed by atoms with E-state index >= 15 is 0 Å². The van der Waals surface area contributed by atoms with E-state index in [1.807, 2.05) is 19.9 Å². The Balaban J connectivity index is 2.74. The van der Waals surface area contributed by atoms with E-state index in [1.165, 1.54) is 30.0 Å². The highest BCUT2D eigenvalue weighted by molar-refractivity contribution is 8.01. The molecule has 21 heavy (non-hydrogen) atoms. The quantitative estimate of drug-likeness (QED) is 0.834. The summed E-state index contributed by atoms with van der Waals surface area (Å²) < 4.78 is 14.6. The Kier molecular flexibility index (Phi) is 4.66. The summed E-state index contributed by atoms with van der Waals surface area (Å²) >= 11 is 2.44. The van der Waals surface area contributed by atoms with Crippen molar-refractivity contribution in [2.75, 3.05) is 0 Å². The molecule has 3 nitrogen and oxygen atoms in total. The summed E-state index contributed by atoms with van der Waals surface area (Å²) in [7, 11) is 0. The van der Waals surface area contributed by atoms with Crippen molar-refractivity contribution in [1.82, 2.24) is 0 Å². The van der Waals surface area contributed by atoms with Crippen LogP contribution in [0, 0.1) is 17.1 Å². The number of halogens is 1. The number of rotatable bonds is 4. The molecule has 1 aromatic carbocycles. The highest BCUT2D eigenvalue weighted by atomic mass is 32.2. The Morgan fingerprint density at radius 3 is 2.62 bits per heavy atom. The van der Waals surface area contributed by atoms with E-state index in [0.717, 1.165) is 11.3 Å². The molecule has 2 aromatic rings. The van der Waals surface area contributed by atoms with Gasteiger partial charge in [0, 0.05) is 16.4 Å². The maximum Gasteiger partial charge on any atom is 0.346 e. The van der Waals surface area contributed by atoms with Gasteiger partial charge in [0.05, 0.1) is 9.77 Å². The zero-order valence-electron chi connectivity index (χ0n) is 11.4. The van der Waals surface area contributed by atoms with Gasteiger partial charge in [-0.3, -0.25) is 0 Å². The topological polar surface area (TPSA) is 61.1 Å². The van der Waals surface area contributed by atoms with E-state index in [0.29, 0.717) is 4.21 Å². The fourth-order valence-corrected chi connectivity index (χ4v) is 4.43. The van der Waals surface area contributed by atoms with Crippen LogP contribution in [0.25, 0.3) is 11.1 Å². The SMILES string of the molecule is CC(C)Sc1sc(C(=O)O)c(-c2ccccc2F)c1C#N. The highest BCUT2D eigenvalue weighted by Gasteiger charge is 2.26. The van der Waals surface area contributed by atoms with Crippen LogP contribution in [0.1, 0.15) is 29.1 Å². The first-order valence-corrected chi connectivity index (χ1v) is 7.87. The molecule has 1 aromatic heterocycles. The minimum absolute atomic E-state index is 0.000185. The van der Waals surface area contributed by atoms with Crippen LogP contribution in [0.3, 0.4) is 0 Å². The van der Waals surface area contributed by atoms with Crippen molar-refractivity contribution < 1.29 is 14.3 Å². The molecule has 0 spiro atoms. The molecule has 6 heteroatoms. The van der Waals surface area contributed by atoms with Gasteiger partial charge < -0.3 is 5.11 Å². The number of carboxylic acid groups (broad SMARTS) is 1. The third kappa shape index (κ3) is 3.09. The van der Waals surface area contributed by atoms with Crippen LogP contribution < -0.4 is 0 Å². The molecule has 0 atom stereocenters. The number of carboxylic acids is 1. The summed E-state index contributed by atoms with van der Waals surface area (Å²) in [5.41, 5.74) is 0.566. The van der Waals surface area contributed by atoms with E-state index in [4.69, 9.17) is 0 Å². The zero-order chi connectivity index (χ0) is 15.6. The lowest BCUT2D eigenvalue weighted by molar-refractivity contribution is 0.0703. The summed E-state index contributed by atoms with van der Waals surface area (Å²) in [6, 6.07) is 7.94. The van der Waals surface area contributed by atoms with Crippen LogP contribution in [-0.4, -0.2) is 16.3 Å². The lowest BCUT2D eigenvalue weighted by Gasteiger charge is -2.04. The molecule has 0 radical (unpaired) electrons. The van der Waals surface area contributed by atoms with Crippen LogP contribution in [0.15, 0.2) is 28.5 Å². The summed E-state index contributed by atoms with van der Waals surface area (Å²) in [4.78, 5) is 11.4. The molecule has 0 saturated carbocycles. The maximum absolute atomic E-state index is 14.0. The first-order chi connectivity index (χ1) is 9.95. The van der Waals surface area contributed by atoms with Crippen molar-refractivity contribution in [3.8, 4) is 17.2 Å². The second-order valence-corrected chi connectivity index (χ2v) is 7.40. The standard InChI is InChI=1S/C15H12FNO2S2/c1-8(2)20-15-10(7-17)12(13(21-15)14(18)19)9-5-3-4-6-11(9)16/h3-6,8H,1-2H3,(H,18,19). The molecule has 108 valence electrons. The Morgan fingerprint density at radius 2 is 2.10 bits per heavy atom. The molecule has 0 bridgehead atoms. The van der Waals surface area contributed by atoms with Gasteiger partial charge in [0.25, 0.3) is 0 Å². The van der Waals surface area contributed by atoms with Crippen molar-refractivity contribution >= 4 is 29.1 Å². The monoisotopic (exact) mass is 321 g/mol. The zero-order valence-corrected chi connectivity index (χ0v) is 13.0. The molecule has 0 aliphatic heterocycles. The van der Waals surface area contributed by atoms with Gasteiger partial charge in [-0.05, 0) is 6.07 Å². The number of thiophene rings is 1. The number of benzene rings is 1. The van der Waals surface area contributed by atoms with Gasteiger partial charge in [-0.25, -0.2) is 9.18 Å². The molecular formula is C15H12FNO2S2. The number of hydrogen-bond donors (Lipinski definition) is 1. The number of nitriles is 1. The lowest BCUT2D eigenvalue weighted by atomic mass is 10.0. The van der Waals surface area contributed by atoms with E-state index in [2.05, 4.69) is 0 Å². The largest absolute Gasteiger partial charge is 0.477 e. The first kappa shape index (κ1) is 15.5. The maximum atomic E-state index is 14.0. The van der Waals surface area contributed by atoms with Gasteiger partial charge in [-0.2, -0.15) is 5.26 Å². The van der Waals surface area contributed by atoms with Crippen molar-refractivity contribution in [2.45, 2.75) is 23.3 Å². The predicted molar refractivity (Wildman–Crippen MR) is 82.4 cm³/mol. The molecular weight excluding hydrogens is 309 g/mol. The van der Waals surface area contributed by atoms with Crippen LogP contribution in [0.4, 0.5) is 4.39 Å². The second kappa shape index (κ2) is 6.29. The average Bonchev–Trinajstić information content (AvgIpc) is 2.77. The highest BCUT2D eigenvalue weighted by Crippen LogP contribution is 2.43. The van der Waals surface area contributed by atoms with Crippen molar-refractivity contribution in [3.05, 3.63) is 40.5 Å². The summed E-state index contributed by atoms with van der Waals surface area (Å²) in [6.07, 6.45) is 0. The number of hydrogen-bond acceptors (Lipinski definition) is 4. The van der Waals surface area contributed by atoms with Crippen molar-refractivity contribution in [1.29, 1.82) is 5.26 Å². The van der Waals surface area contributed by atoms with Crippen LogP contribution in [-0.2, 0) is 0 Å². The van der Waals surface area contributed by atoms with Crippen LogP contribution in [0.2, 0.25) is 0 Å². The molecule has 0 unspecified atom stereocenters. The normalized spacial score (nSPS) is 10.6. The summed E-state index contributed by atoms with van der Waals surface area (Å²) in [5, 5.41) is 18.9. The Labute approximate surface area is 130 Å². The summed E-state index contributed by atoms with van der Waals surface area (Å²) in [5.74, 6) is -1.68. The molecule has 0 saturated heterocycles. The Bertz CT molecular complexity index is 732. The Hall–Kier alpha value is -1.84. The summed E-state index contributed by atoms with van der Waals surface area (Å²) in [6.45, 7) is 3.91. The molecule has 0 aliphatic carbocycles. The average molecular weight is 321 g/mol. The third-order valence-electron chi connectivity index (χ3n) is 2.67. The number of aromatic carboxylic acids is 1. The molecule has 1 N–H and O–H groups in total. The van der Waals surface area contributed by atoms with E-state index in [-0.39, 0.29) is 26.8 Å². The number of thioether (sulfide) groups is 1. The van der Waals surface area contributed by atoms with Gasteiger partial charge in [-0.15, -0.1) is 23.1 Å².